The number of hydrogen-bond donors (Lipinski definition) is 1. The Bertz CT molecular complexity index is 639. The number of aliphatic imine (C=N–C) groups is 1. The molecule has 1 aromatic rings. The van der Waals surface area contributed by atoms with Crippen molar-refractivity contribution in [2.75, 3.05) is 53.0 Å². The van der Waals surface area contributed by atoms with Gasteiger partial charge in [-0.2, -0.15) is 0 Å². The summed E-state index contributed by atoms with van der Waals surface area (Å²) in [6.07, 6.45) is 1.61. The van der Waals surface area contributed by atoms with Crippen LogP contribution in [0.15, 0.2) is 29.3 Å². The molecule has 1 aromatic carbocycles. The first kappa shape index (κ1) is 22.7. The number of carbonyl (C=O) groups is 1. The predicted octanol–water partition coefficient (Wildman–Crippen LogP) is 1.89. The van der Waals surface area contributed by atoms with Crippen LogP contribution >= 0.6 is 24.0 Å². The van der Waals surface area contributed by atoms with Crippen LogP contribution in [0.1, 0.15) is 18.4 Å². The summed E-state index contributed by atoms with van der Waals surface area (Å²) in [7, 11) is 1.78. The van der Waals surface area contributed by atoms with Gasteiger partial charge in [0.05, 0.1) is 6.54 Å². The Labute approximate surface area is 184 Å². The Morgan fingerprint density at radius 3 is 2.50 bits per heavy atom. The third kappa shape index (κ3) is 6.23. The molecule has 1 unspecified atom stereocenters. The molecule has 7 nitrogen and oxygen atoms in total. The lowest BCUT2D eigenvalue weighted by molar-refractivity contribution is -0.142. The second-order valence-electron chi connectivity index (χ2n) is 6.95. The van der Waals surface area contributed by atoms with E-state index in [1.807, 2.05) is 29.2 Å². The van der Waals surface area contributed by atoms with E-state index in [1.54, 1.807) is 7.05 Å². The van der Waals surface area contributed by atoms with Crippen molar-refractivity contribution in [3.05, 3.63) is 29.8 Å². The van der Waals surface area contributed by atoms with Crippen LogP contribution in [0.4, 0.5) is 0 Å². The first-order valence-electron chi connectivity index (χ1n) is 9.73. The first-order chi connectivity index (χ1) is 13.2. The Morgan fingerprint density at radius 1 is 1.21 bits per heavy atom. The zero-order valence-electron chi connectivity index (χ0n) is 16.7. The molecule has 2 saturated heterocycles. The molecule has 0 aliphatic carbocycles. The van der Waals surface area contributed by atoms with Crippen LogP contribution in [-0.2, 0) is 9.53 Å². The van der Waals surface area contributed by atoms with E-state index in [-0.39, 0.29) is 36.0 Å². The number of halogens is 1. The second-order valence-corrected chi connectivity index (χ2v) is 6.95. The number of benzene rings is 1. The summed E-state index contributed by atoms with van der Waals surface area (Å²) in [4.78, 5) is 20.9. The van der Waals surface area contributed by atoms with Crippen molar-refractivity contribution >= 4 is 35.8 Å². The molecule has 8 heteroatoms. The number of hydrogen-bond acceptors (Lipinski definition) is 4. The predicted molar refractivity (Wildman–Crippen MR) is 121 cm³/mol. The minimum atomic E-state index is -0.229. The van der Waals surface area contributed by atoms with Gasteiger partial charge in [-0.05, 0) is 31.9 Å². The van der Waals surface area contributed by atoms with Crippen LogP contribution in [0.25, 0.3) is 0 Å². The van der Waals surface area contributed by atoms with E-state index < -0.39 is 0 Å². The molecule has 28 heavy (non-hydrogen) atoms. The van der Waals surface area contributed by atoms with E-state index in [0.29, 0.717) is 32.8 Å². The van der Waals surface area contributed by atoms with Crippen LogP contribution < -0.4 is 10.1 Å². The van der Waals surface area contributed by atoms with E-state index in [9.17, 15) is 4.79 Å². The molecular formula is C20H31IN4O3. The Balaban J connectivity index is 0.00000280. The van der Waals surface area contributed by atoms with Gasteiger partial charge in [-0.3, -0.25) is 9.79 Å². The molecule has 2 fully saturated rings. The van der Waals surface area contributed by atoms with Gasteiger partial charge in [-0.25, -0.2) is 0 Å². The lowest BCUT2D eigenvalue weighted by Crippen LogP contribution is -2.55. The van der Waals surface area contributed by atoms with E-state index in [4.69, 9.17) is 9.47 Å². The molecular weight excluding hydrogens is 471 g/mol. The number of nitrogens with one attached hydrogen (secondary N) is 1. The van der Waals surface area contributed by atoms with Gasteiger partial charge in [-0.1, -0.05) is 17.7 Å². The van der Waals surface area contributed by atoms with Gasteiger partial charge in [-0.15, -0.1) is 24.0 Å². The molecule has 156 valence electrons. The Hall–Kier alpha value is -1.55. The fourth-order valence-electron chi connectivity index (χ4n) is 3.41. The highest BCUT2D eigenvalue weighted by Crippen LogP contribution is 2.16. The Morgan fingerprint density at radius 2 is 1.89 bits per heavy atom. The number of aryl methyl sites for hydroxylation is 1. The molecule has 2 heterocycles. The third-order valence-corrected chi connectivity index (χ3v) is 4.98. The van der Waals surface area contributed by atoms with Crippen LogP contribution in [0.3, 0.4) is 0 Å². The lowest BCUT2D eigenvalue weighted by atomic mass is 10.2. The van der Waals surface area contributed by atoms with Crippen molar-refractivity contribution < 1.29 is 14.3 Å². The molecule has 2 aliphatic heterocycles. The van der Waals surface area contributed by atoms with Crippen molar-refractivity contribution in [3.8, 4) is 5.75 Å². The largest absolute Gasteiger partial charge is 0.492 e. The number of guanidine groups is 1. The first-order valence-corrected chi connectivity index (χ1v) is 9.73. The average Bonchev–Trinajstić information content (AvgIpc) is 3.24. The molecule has 0 radical (unpaired) electrons. The maximum Gasteiger partial charge on any atom is 0.251 e. The number of nitrogens with zero attached hydrogens (tertiary/aromatic N) is 3. The fourth-order valence-corrected chi connectivity index (χ4v) is 3.41. The summed E-state index contributed by atoms with van der Waals surface area (Å²) >= 11 is 0. The highest BCUT2D eigenvalue weighted by Gasteiger charge is 2.30. The summed E-state index contributed by atoms with van der Waals surface area (Å²) in [5.74, 6) is 1.87. The summed E-state index contributed by atoms with van der Waals surface area (Å²) < 4.78 is 11.3. The molecule has 1 atom stereocenters. The van der Waals surface area contributed by atoms with Gasteiger partial charge in [0.1, 0.15) is 18.5 Å². The van der Waals surface area contributed by atoms with Gasteiger partial charge in [0, 0.05) is 39.8 Å². The smallest absolute Gasteiger partial charge is 0.251 e. The summed E-state index contributed by atoms with van der Waals surface area (Å²) in [6.45, 7) is 6.97. The van der Waals surface area contributed by atoms with Crippen LogP contribution in [0, 0.1) is 6.92 Å². The highest BCUT2D eigenvalue weighted by molar-refractivity contribution is 14.0. The quantitative estimate of drug-likeness (QED) is 0.289. The molecule has 1 amide bonds. The molecule has 0 spiro atoms. The topological polar surface area (TPSA) is 66.4 Å². The minimum absolute atomic E-state index is 0. The van der Waals surface area contributed by atoms with Crippen molar-refractivity contribution in [3.63, 3.8) is 0 Å². The van der Waals surface area contributed by atoms with Gasteiger partial charge in [0.15, 0.2) is 5.96 Å². The van der Waals surface area contributed by atoms with Gasteiger partial charge < -0.3 is 24.6 Å². The molecule has 2 aliphatic rings. The molecule has 3 rings (SSSR count). The summed E-state index contributed by atoms with van der Waals surface area (Å²) in [5, 5.41) is 3.34. The molecule has 0 aromatic heterocycles. The van der Waals surface area contributed by atoms with Gasteiger partial charge in [0.2, 0.25) is 0 Å². The second kappa shape index (κ2) is 11.5. The van der Waals surface area contributed by atoms with Gasteiger partial charge >= 0.3 is 0 Å². The highest BCUT2D eigenvalue weighted by atomic mass is 127. The molecule has 0 saturated carbocycles. The van der Waals surface area contributed by atoms with E-state index in [2.05, 4.69) is 22.1 Å². The summed E-state index contributed by atoms with van der Waals surface area (Å²) in [5.41, 5.74) is 1.22. The standard InChI is InChI=1S/C20H30N4O3.HI/c1-16-5-7-17(8-6-16)26-15-9-22-20(21-2)24-12-10-23(11-13-24)19(25)18-4-3-14-27-18;/h5-8,18H,3-4,9-15H2,1-2H3,(H,21,22);1H. The van der Waals surface area contributed by atoms with Gasteiger partial charge in [0.25, 0.3) is 5.91 Å². The average molecular weight is 502 g/mol. The van der Waals surface area contributed by atoms with Crippen LogP contribution in [0.5, 0.6) is 5.75 Å². The zero-order chi connectivity index (χ0) is 19.1. The number of ether oxygens (including phenoxy) is 2. The number of carbonyl (C=O) groups excluding carboxylic acids is 1. The molecule has 0 bridgehead atoms. The van der Waals surface area contributed by atoms with Crippen molar-refractivity contribution in [2.45, 2.75) is 25.9 Å². The maximum absolute atomic E-state index is 12.4. The number of rotatable bonds is 5. The molecule has 1 N–H and O–H groups in total. The van der Waals surface area contributed by atoms with Crippen LogP contribution in [-0.4, -0.2) is 80.8 Å². The normalized spacial score (nSPS) is 19.9. The fraction of sp³-hybridized carbons (Fsp3) is 0.600. The van der Waals surface area contributed by atoms with E-state index >= 15 is 0 Å². The van der Waals surface area contributed by atoms with E-state index in [1.165, 1.54) is 5.56 Å². The van der Waals surface area contributed by atoms with Crippen LogP contribution in [0.2, 0.25) is 0 Å². The maximum atomic E-state index is 12.4. The summed E-state index contributed by atoms with van der Waals surface area (Å²) in [6, 6.07) is 8.04. The lowest BCUT2D eigenvalue weighted by Gasteiger charge is -2.37. The van der Waals surface area contributed by atoms with Crippen molar-refractivity contribution in [1.82, 2.24) is 15.1 Å². The Kier molecular flexibility index (Phi) is 9.30. The number of amides is 1. The van der Waals surface area contributed by atoms with Crippen molar-refractivity contribution in [2.24, 2.45) is 4.99 Å². The monoisotopic (exact) mass is 502 g/mol. The SMILES string of the molecule is CN=C(NCCOc1ccc(C)cc1)N1CCN(C(=O)C2CCCO2)CC1.I. The minimum Gasteiger partial charge on any atom is -0.492 e. The number of piperazine rings is 1. The zero-order valence-corrected chi connectivity index (χ0v) is 19.1. The van der Waals surface area contributed by atoms with Crippen molar-refractivity contribution in [1.29, 1.82) is 0 Å². The van der Waals surface area contributed by atoms with E-state index in [0.717, 1.165) is 37.6 Å². The third-order valence-electron chi connectivity index (χ3n) is 4.98.